The number of nitrogens with one attached hydrogen (secondary N) is 1. The zero-order valence-corrected chi connectivity index (χ0v) is 12.9. The van der Waals surface area contributed by atoms with E-state index in [0.29, 0.717) is 0 Å². The van der Waals surface area contributed by atoms with Crippen LogP contribution in [0.2, 0.25) is 5.02 Å². The maximum absolute atomic E-state index is 11.9. The molecule has 112 valence electrons. The van der Waals surface area contributed by atoms with E-state index in [9.17, 15) is 13.2 Å². The molecule has 1 aromatic rings. The van der Waals surface area contributed by atoms with E-state index in [1.807, 2.05) is 0 Å². The van der Waals surface area contributed by atoms with Crippen LogP contribution in [0.4, 0.5) is 5.69 Å². The van der Waals surface area contributed by atoms with E-state index >= 15 is 0 Å². The Morgan fingerprint density at radius 1 is 1.35 bits per heavy atom. The van der Waals surface area contributed by atoms with Gasteiger partial charge in [-0.2, -0.15) is 0 Å². The molecule has 0 saturated carbocycles. The van der Waals surface area contributed by atoms with Crippen molar-refractivity contribution in [2.75, 3.05) is 24.7 Å². The lowest BCUT2D eigenvalue weighted by atomic mass is 10.2. The molecule has 0 aliphatic rings. The van der Waals surface area contributed by atoms with E-state index in [0.717, 1.165) is 0 Å². The van der Waals surface area contributed by atoms with Crippen LogP contribution in [-0.4, -0.2) is 40.5 Å². The van der Waals surface area contributed by atoms with Crippen LogP contribution >= 0.6 is 11.6 Å². The van der Waals surface area contributed by atoms with Gasteiger partial charge in [0.05, 0.1) is 30.2 Å². The Kier molecular flexibility index (Phi) is 5.79. The van der Waals surface area contributed by atoms with Crippen LogP contribution in [0.1, 0.15) is 17.3 Å². The normalized spacial score (nSPS) is 12.8. The van der Waals surface area contributed by atoms with Crippen molar-refractivity contribution >= 4 is 33.3 Å². The molecule has 1 atom stereocenters. The Bertz CT molecular complexity index is 588. The van der Waals surface area contributed by atoms with E-state index in [1.165, 1.54) is 32.4 Å². The Balaban J connectivity index is 2.98. The second kappa shape index (κ2) is 6.92. The summed E-state index contributed by atoms with van der Waals surface area (Å²) < 4.78 is 35.6. The van der Waals surface area contributed by atoms with Crippen molar-refractivity contribution in [2.45, 2.75) is 13.0 Å². The molecule has 0 aliphatic carbocycles. The molecule has 0 amide bonds. The van der Waals surface area contributed by atoms with Gasteiger partial charge in [0.1, 0.15) is 0 Å². The third-order valence-electron chi connectivity index (χ3n) is 2.45. The fourth-order valence-electron chi connectivity index (χ4n) is 1.48. The Morgan fingerprint density at radius 3 is 2.55 bits per heavy atom. The van der Waals surface area contributed by atoms with Crippen molar-refractivity contribution in [2.24, 2.45) is 0 Å². The lowest BCUT2D eigenvalue weighted by Gasteiger charge is -2.13. The van der Waals surface area contributed by atoms with Gasteiger partial charge in [-0.3, -0.25) is 4.72 Å². The molecular weight excluding hydrogens is 306 g/mol. The number of ether oxygens (including phenoxy) is 2. The molecule has 0 radical (unpaired) electrons. The number of esters is 1. The number of methoxy groups -OCH3 is 2. The van der Waals surface area contributed by atoms with Crippen LogP contribution in [0.3, 0.4) is 0 Å². The largest absolute Gasteiger partial charge is 0.465 e. The Labute approximate surface area is 123 Å². The summed E-state index contributed by atoms with van der Waals surface area (Å²) in [6.07, 6.45) is -0.452. The minimum atomic E-state index is -3.60. The summed E-state index contributed by atoms with van der Waals surface area (Å²) in [7, 11) is -0.943. The van der Waals surface area contributed by atoms with Crippen LogP contribution in [0.15, 0.2) is 18.2 Å². The Hall–Kier alpha value is -1.31. The monoisotopic (exact) mass is 321 g/mol. The minimum absolute atomic E-state index is 0.164. The quantitative estimate of drug-likeness (QED) is 0.809. The van der Waals surface area contributed by atoms with Gasteiger partial charge in [0, 0.05) is 12.1 Å². The van der Waals surface area contributed by atoms with E-state index in [4.69, 9.17) is 16.3 Å². The maximum Gasteiger partial charge on any atom is 0.337 e. The first-order chi connectivity index (χ1) is 9.27. The number of hydrogen-bond acceptors (Lipinski definition) is 5. The van der Waals surface area contributed by atoms with Crippen LogP contribution in [0.25, 0.3) is 0 Å². The zero-order chi connectivity index (χ0) is 15.3. The van der Waals surface area contributed by atoms with E-state index in [-0.39, 0.29) is 22.0 Å². The van der Waals surface area contributed by atoms with E-state index in [2.05, 4.69) is 9.46 Å². The van der Waals surface area contributed by atoms with Crippen molar-refractivity contribution in [3.05, 3.63) is 28.8 Å². The Morgan fingerprint density at radius 2 is 2.00 bits per heavy atom. The number of carbonyl (C=O) groups is 1. The fraction of sp³-hybridized carbons (Fsp3) is 0.417. The first kappa shape index (κ1) is 16.7. The molecule has 20 heavy (non-hydrogen) atoms. The average molecular weight is 322 g/mol. The summed E-state index contributed by atoms with van der Waals surface area (Å²) in [5.74, 6) is -0.804. The predicted octanol–water partition coefficient (Wildman–Crippen LogP) is 1.90. The van der Waals surface area contributed by atoms with Gasteiger partial charge in [-0.05, 0) is 25.1 Å². The smallest absolute Gasteiger partial charge is 0.337 e. The van der Waals surface area contributed by atoms with Crippen LogP contribution in [0.5, 0.6) is 0 Å². The van der Waals surface area contributed by atoms with Gasteiger partial charge < -0.3 is 9.47 Å². The molecule has 1 N–H and O–H groups in total. The molecule has 0 spiro atoms. The molecule has 0 aliphatic heterocycles. The standard InChI is InChI=1S/C12H16ClNO5S/c1-8(18-2)7-20(16,17)14-11-5-9(12(15)19-3)4-10(13)6-11/h4-6,8,14H,7H2,1-3H3. The number of sulfonamides is 1. The number of halogens is 1. The number of anilines is 1. The number of hydrogen-bond donors (Lipinski definition) is 1. The van der Waals surface area contributed by atoms with Crippen LogP contribution < -0.4 is 4.72 Å². The first-order valence-electron chi connectivity index (χ1n) is 5.69. The van der Waals surface area contributed by atoms with Gasteiger partial charge in [-0.25, -0.2) is 13.2 Å². The number of rotatable bonds is 6. The lowest BCUT2D eigenvalue weighted by molar-refractivity contribution is 0.0600. The molecule has 1 aromatic carbocycles. The first-order valence-corrected chi connectivity index (χ1v) is 7.72. The minimum Gasteiger partial charge on any atom is -0.465 e. The highest BCUT2D eigenvalue weighted by molar-refractivity contribution is 7.92. The van der Waals surface area contributed by atoms with Crippen molar-refractivity contribution in [3.63, 3.8) is 0 Å². The van der Waals surface area contributed by atoms with Crippen molar-refractivity contribution in [3.8, 4) is 0 Å². The molecule has 0 heterocycles. The molecule has 1 rings (SSSR count). The van der Waals surface area contributed by atoms with Crippen molar-refractivity contribution < 1.29 is 22.7 Å². The second-order valence-corrected chi connectivity index (χ2v) is 6.35. The topological polar surface area (TPSA) is 81.7 Å². The fourth-order valence-corrected chi connectivity index (χ4v) is 3.03. The SMILES string of the molecule is COC(=O)c1cc(Cl)cc(NS(=O)(=O)CC(C)OC)c1. The molecule has 6 nitrogen and oxygen atoms in total. The molecule has 1 unspecified atom stereocenters. The highest BCUT2D eigenvalue weighted by atomic mass is 35.5. The third kappa shape index (κ3) is 4.99. The summed E-state index contributed by atoms with van der Waals surface area (Å²) in [5, 5.41) is 0.227. The zero-order valence-electron chi connectivity index (χ0n) is 11.3. The predicted molar refractivity (Wildman–Crippen MR) is 76.7 cm³/mol. The number of benzene rings is 1. The summed E-state index contributed by atoms with van der Waals surface area (Å²) in [4.78, 5) is 11.4. The summed E-state index contributed by atoms with van der Waals surface area (Å²) in [6, 6.07) is 4.15. The summed E-state index contributed by atoms with van der Waals surface area (Å²) >= 11 is 5.85. The van der Waals surface area contributed by atoms with E-state index < -0.39 is 22.1 Å². The summed E-state index contributed by atoms with van der Waals surface area (Å²) in [6.45, 7) is 1.64. The van der Waals surface area contributed by atoms with Crippen molar-refractivity contribution in [1.29, 1.82) is 0 Å². The van der Waals surface area contributed by atoms with Crippen LogP contribution in [-0.2, 0) is 19.5 Å². The average Bonchev–Trinajstić information content (AvgIpc) is 2.35. The highest BCUT2D eigenvalue weighted by Crippen LogP contribution is 2.21. The third-order valence-corrected chi connectivity index (χ3v) is 4.12. The van der Waals surface area contributed by atoms with Gasteiger partial charge in [-0.1, -0.05) is 11.6 Å². The highest BCUT2D eigenvalue weighted by Gasteiger charge is 2.17. The number of carbonyl (C=O) groups excluding carboxylic acids is 1. The van der Waals surface area contributed by atoms with Gasteiger partial charge in [0.25, 0.3) is 0 Å². The van der Waals surface area contributed by atoms with Gasteiger partial charge in [0.2, 0.25) is 10.0 Å². The van der Waals surface area contributed by atoms with Crippen molar-refractivity contribution in [1.82, 2.24) is 0 Å². The maximum atomic E-state index is 11.9. The molecule has 0 saturated heterocycles. The summed E-state index contributed by atoms with van der Waals surface area (Å²) in [5.41, 5.74) is 0.360. The molecule has 8 heteroatoms. The van der Waals surface area contributed by atoms with Gasteiger partial charge >= 0.3 is 5.97 Å². The van der Waals surface area contributed by atoms with E-state index in [1.54, 1.807) is 6.92 Å². The molecular formula is C12H16ClNO5S. The lowest BCUT2D eigenvalue weighted by Crippen LogP contribution is -2.25. The van der Waals surface area contributed by atoms with Gasteiger partial charge in [-0.15, -0.1) is 0 Å². The molecule has 0 fully saturated rings. The molecule has 0 aromatic heterocycles. The molecule has 0 bridgehead atoms. The second-order valence-electron chi connectivity index (χ2n) is 4.15. The van der Waals surface area contributed by atoms with Gasteiger partial charge in [0.15, 0.2) is 0 Å². The van der Waals surface area contributed by atoms with Crippen LogP contribution in [0, 0.1) is 0 Å².